The van der Waals surface area contributed by atoms with E-state index in [1.54, 1.807) is 0 Å². The number of ether oxygens (including phenoxy) is 1. The molecule has 0 spiro atoms. The number of aromatic nitrogens is 2. The van der Waals surface area contributed by atoms with Crippen LogP contribution < -0.4 is 5.90 Å². The molecule has 0 radical (unpaired) electrons. The number of para-hydroxylation sites is 2. The quantitative estimate of drug-likeness (QED) is 0.440. The number of hydrogen-bond donors (Lipinski definition) is 1. The molecule has 1 atom stereocenters. The molecule has 1 amide bonds. The molecule has 2 aromatic carbocycles. The van der Waals surface area contributed by atoms with Crippen LogP contribution in [0.25, 0.3) is 33.0 Å². The molecule has 2 aliphatic heterocycles. The topological polar surface area (TPSA) is 87.0 Å². The summed E-state index contributed by atoms with van der Waals surface area (Å²) in [5, 5.41) is 2.00. The summed E-state index contributed by atoms with van der Waals surface area (Å²) in [5.74, 6) is 5.46. The maximum absolute atomic E-state index is 13.3. The van der Waals surface area contributed by atoms with E-state index in [1.807, 2.05) is 36.5 Å². The largest absolute Gasteiger partial charge is 0.390 e. The van der Waals surface area contributed by atoms with Crippen molar-refractivity contribution in [3.8, 4) is 0 Å². The second-order valence-electron chi connectivity index (χ2n) is 9.64. The highest BCUT2D eigenvalue weighted by atomic mass is 16.6. The third-order valence-corrected chi connectivity index (χ3v) is 7.05. The number of carbonyl (C=O) groups is 1. The first kappa shape index (κ1) is 22.7. The zero-order valence-electron chi connectivity index (χ0n) is 20.5. The van der Waals surface area contributed by atoms with Gasteiger partial charge in [-0.1, -0.05) is 36.4 Å². The number of aliphatic imine (C=N–C) groups is 1. The van der Waals surface area contributed by atoms with E-state index in [2.05, 4.69) is 57.5 Å². The first-order valence-corrected chi connectivity index (χ1v) is 12.2. The lowest BCUT2D eigenvalue weighted by molar-refractivity contribution is -0.112. The summed E-state index contributed by atoms with van der Waals surface area (Å²) >= 11 is 0. The number of carbonyl (C=O) groups excluding carboxylic acids is 1. The van der Waals surface area contributed by atoms with Gasteiger partial charge < -0.3 is 23.6 Å². The summed E-state index contributed by atoms with van der Waals surface area (Å²) < 4.78 is 10.8. The third kappa shape index (κ3) is 3.74. The number of nitrogens with two attached hydrogens (primary N) is 1. The van der Waals surface area contributed by atoms with E-state index >= 15 is 0 Å². The van der Waals surface area contributed by atoms with Crippen LogP contribution in [0.1, 0.15) is 17.5 Å². The van der Waals surface area contributed by atoms with Crippen molar-refractivity contribution in [3.63, 3.8) is 0 Å². The van der Waals surface area contributed by atoms with Gasteiger partial charge in [-0.3, -0.25) is 4.79 Å². The Morgan fingerprint density at radius 2 is 1.58 bits per heavy atom. The molecule has 2 N–H and O–H groups in total. The maximum atomic E-state index is 13.3. The highest BCUT2D eigenvalue weighted by Crippen LogP contribution is 2.40. The van der Waals surface area contributed by atoms with E-state index < -0.39 is 0 Å². The van der Waals surface area contributed by atoms with E-state index in [9.17, 15) is 4.79 Å². The lowest BCUT2D eigenvalue weighted by Gasteiger charge is -2.22. The molecule has 4 heterocycles. The van der Waals surface area contributed by atoms with Gasteiger partial charge in [0.05, 0.1) is 23.9 Å². The molecule has 184 valence electrons. The van der Waals surface area contributed by atoms with Crippen molar-refractivity contribution in [1.29, 1.82) is 0 Å². The van der Waals surface area contributed by atoms with Crippen LogP contribution in [-0.4, -0.2) is 59.2 Å². The van der Waals surface area contributed by atoms with Gasteiger partial charge in [-0.15, -0.1) is 0 Å². The number of hydrogen-bond acceptors (Lipinski definition) is 5. The van der Waals surface area contributed by atoms with Gasteiger partial charge >= 0.3 is 0 Å². The molecule has 4 aromatic rings. The van der Waals surface area contributed by atoms with Gasteiger partial charge in [0.25, 0.3) is 5.91 Å². The molecule has 0 saturated heterocycles. The maximum Gasteiger partial charge on any atom is 0.281 e. The molecule has 4 bridgehead atoms. The van der Waals surface area contributed by atoms with Crippen molar-refractivity contribution in [2.45, 2.75) is 25.6 Å². The van der Waals surface area contributed by atoms with Gasteiger partial charge in [-0.25, -0.2) is 0 Å². The molecule has 8 heteroatoms. The molecule has 8 nitrogen and oxygen atoms in total. The normalized spacial score (nSPS) is 18.6. The Morgan fingerprint density at radius 3 is 2.22 bits per heavy atom. The summed E-state index contributed by atoms with van der Waals surface area (Å²) in [5.41, 5.74) is 4.97. The van der Waals surface area contributed by atoms with Crippen LogP contribution in [-0.2, 0) is 27.5 Å². The fourth-order valence-electron chi connectivity index (χ4n) is 5.50. The van der Waals surface area contributed by atoms with Crippen molar-refractivity contribution in [3.05, 3.63) is 72.1 Å². The molecule has 6 rings (SSSR count). The zero-order chi connectivity index (χ0) is 24.8. The van der Waals surface area contributed by atoms with Gasteiger partial charge in [0.15, 0.2) is 0 Å². The SMILES string of the molecule is CN(C)CC1CCn2cc(c3ccccc32)C2=C(C(=O)N=C2ON)c2cn(c3ccccc23)CCO1. The number of amides is 1. The lowest BCUT2D eigenvalue weighted by atomic mass is 9.95. The third-order valence-electron chi connectivity index (χ3n) is 7.05. The number of nitrogens with zero attached hydrogens (tertiary/aromatic N) is 4. The fraction of sp³-hybridized carbons (Fsp3) is 0.286. The number of aryl methyl sites for hydroxylation is 1. The van der Waals surface area contributed by atoms with Crippen molar-refractivity contribution in [1.82, 2.24) is 14.0 Å². The average Bonchev–Trinajstić information content (AvgIpc) is 3.52. The molecular formula is C28H29N5O3. The molecule has 1 unspecified atom stereocenters. The van der Waals surface area contributed by atoms with E-state index in [0.717, 1.165) is 52.4 Å². The van der Waals surface area contributed by atoms with E-state index in [4.69, 9.17) is 15.5 Å². The van der Waals surface area contributed by atoms with Crippen LogP contribution in [0.2, 0.25) is 0 Å². The summed E-state index contributed by atoms with van der Waals surface area (Å²) in [6.45, 7) is 2.86. The Morgan fingerprint density at radius 1 is 0.972 bits per heavy atom. The minimum absolute atomic E-state index is 0.0844. The van der Waals surface area contributed by atoms with E-state index in [0.29, 0.717) is 24.3 Å². The Bertz CT molecular complexity index is 1540. The van der Waals surface area contributed by atoms with Gasteiger partial charge in [0.2, 0.25) is 5.90 Å². The average molecular weight is 484 g/mol. The zero-order valence-corrected chi connectivity index (χ0v) is 20.5. The van der Waals surface area contributed by atoms with Crippen LogP contribution in [0.4, 0.5) is 0 Å². The van der Waals surface area contributed by atoms with E-state index in [-0.39, 0.29) is 17.9 Å². The fourth-order valence-corrected chi connectivity index (χ4v) is 5.50. The second kappa shape index (κ2) is 9.05. The summed E-state index contributed by atoms with van der Waals surface area (Å²) in [7, 11) is 4.14. The Kier molecular flexibility index (Phi) is 5.72. The minimum atomic E-state index is -0.348. The predicted octanol–water partition coefficient (Wildman–Crippen LogP) is 3.69. The van der Waals surface area contributed by atoms with Gasteiger partial charge in [0, 0.05) is 65.0 Å². The van der Waals surface area contributed by atoms with Crippen molar-refractivity contribution in [2.24, 2.45) is 10.9 Å². The highest BCUT2D eigenvalue weighted by Gasteiger charge is 2.34. The van der Waals surface area contributed by atoms with Crippen molar-refractivity contribution in [2.75, 3.05) is 27.2 Å². The van der Waals surface area contributed by atoms with Crippen LogP contribution in [0.5, 0.6) is 0 Å². The predicted molar refractivity (Wildman–Crippen MR) is 141 cm³/mol. The minimum Gasteiger partial charge on any atom is -0.390 e. The first-order valence-electron chi connectivity index (χ1n) is 12.2. The number of fused-ring (bicyclic) bond motifs is 12. The van der Waals surface area contributed by atoms with Crippen LogP contribution >= 0.6 is 0 Å². The van der Waals surface area contributed by atoms with Gasteiger partial charge in [-0.2, -0.15) is 10.9 Å². The number of likely N-dealkylation sites (N-methyl/N-ethyl adjacent to an activating group) is 1. The summed E-state index contributed by atoms with van der Waals surface area (Å²) in [4.78, 5) is 24.9. The Labute approximate surface area is 209 Å². The van der Waals surface area contributed by atoms with Crippen LogP contribution in [0, 0.1) is 0 Å². The van der Waals surface area contributed by atoms with Crippen molar-refractivity contribution < 1.29 is 14.4 Å². The second-order valence-corrected chi connectivity index (χ2v) is 9.64. The standard InChI is InChI=1S/C28H29N5O3/c1-31(2)15-18-11-12-32-17-22(20-8-4-5-9-23(20)32)26-25(27(34)30-28(26)36-29)21-16-33(13-14-35-18)24-10-6-3-7-19(21)24/h3-10,16-18H,11-15,29H2,1-2H3. The molecule has 0 fully saturated rings. The van der Waals surface area contributed by atoms with E-state index in [1.165, 1.54) is 0 Å². The number of rotatable bonds is 2. The molecule has 36 heavy (non-hydrogen) atoms. The molecule has 2 aliphatic rings. The number of benzene rings is 2. The smallest absolute Gasteiger partial charge is 0.281 e. The molecule has 0 aliphatic carbocycles. The molecule has 2 aromatic heterocycles. The van der Waals surface area contributed by atoms with Crippen LogP contribution in [0.15, 0.2) is 65.9 Å². The summed E-state index contributed by atoms with van der Waals surface area (Å²) in [6.07, 6.45) is 5.06. The molecule has 0 saturated carbocycles. The lowest BCUT2D eigenvalue weighted by Crippen LogP contribution is -2.30. The van der Waals surface area contributed by atoms with Gasteiger partial charge in [-0.05, 0) is 32.6 Å². The highest BCUT2D eigenvalue weighted by molar-refractivity contribution is 6.48. The van der Waals surface area contributed by atoms with Crippen LogP contribution in [0.3, 0.4) is 0 Å². The summed E-state index contributed by atoms with van der Waals surface area (Å²) in [6, 6.07) is 16.3. The monoisotopic (exact) mass is 483 g/mol. The van der Waals surface area contributed by atoms with Gasteiger partial charge in [0.1, 0.15) is 0 Å². The Hall–Kier alpha value is -3.72. The van der Waals surface area contributed by atoms with Crippen molar-refractivity contribution >= 4 is 44.8 Å². The molecular weight excluding hydrogens is 454 g/mol. The Balaban J connectivity index is 1.63. The first-order chi connectivity index (χ1) is 17.5.